The molecule has 0 aliphatic heterocycles. The summed E-state index contributed by atoms with van der Waals surface area (Å²) in [4.78, 5) is 26.3. The van der Waals surface area contributed by atoms with E-state index in [1.807, 2.05) is 48.7 Å². The van der Waals surface area contributed by atoms with Crippen molar-refractivity contribution in [2.24, 2.45) is 5.92 Å². The van der Waals surface area contributed by atoms with E-state index >= 15 is 0 Å². The largest absolute Gasteiger partial charge is 0.494 e. The first-order valence-corrected chi connectivity index (χ1v) is 9.69. The smallest absolute Gasteiger partial charge is 0.317 e. The van der Waals surface area contributed by atoms with Crippen LogP contribution in [0.15, 0.2) is 47.9 Å². The zero-order valence-corrected chi connectivity index (χ0v) is 15.8. The van der Waals surface area contributed by atoms with Crippen molar-refractivity contribution < 1.29 is 19.1 Å². The van der Waals surface area contributed by atoms with E-state index in [1.54, 1.807) is 24.3 Å². The number of rotatable bonds is 6. The minimum absolute atomic E-state index is 0.183. The predicted octanol–water partition coefficient (Wildman–Crippen LogP) is 4.47. The van der Waals surface area contributed by atoms with Gasteiger partial charge in [-0.05, 0) is 61.1 Å². The first-order chi connectivity index (χ1) is 12.6. The van der Waals surface area contributed by atoms with Crippen molar-refractivity contribution in [3.63, 3.8) is 0 Å². The molecule has 136 valence electrons. The number of ketones is 1. The average molecular weight is 370 g/mol. The molecule has 1 aromatic heterocycles. The van der Waals surface area contributed by atoms with Crippen LogP contribution in [-0.2, 0) is 14.3 Å². The molecule has 0 bridgehead atoms. The number of benzene rings is 1. The van der Waals surface area contributed by atoms with Gasteiger partial charge in [0.05, 0.1) is 13.2 Å². The Morgan fingerprint density at radius 2 is 1.92 bits per heavy atom. The summed E-state index contributed by atoms with van der Waals surface area (Å²) in [5.74, 6) is -0.883. The minimum Gasteiger partial charge on any atom is -0.494 e. The lowest BCUT2D eigenvalue weighted by Crippen LogP contribution is -2.33. The third-order valence-corrected chi connectivity index (χ3v) is 5.41. The minimum atomic E-state index is -0.795. The quantitative estimate of drug-likeness (QED) is 0.556. The van der Waals surface area contributed by atoms with Crippen LogP contribution in [0, 0.1) is 5.92 Å². The van der Waals surface area contributed by atoms with Crippen LogP contribution in [0.4, 0.5) is 0 Å². The molecule has 1 heterocycles. The molecule has 2 atom stereocenters. The van der Waals surface area contributed by atoms with Gasteiger partial charge >= 0.3 is 5.97 Å². The van der Waals surface area contributed by atoms with Crippen molar-refractivity contribution in [3.05, 3.63) is 58.3 Å². The Labute approximate surface area is 157 Å². The molecular formula is C21H22O4S. The number of hydrogen-bond donors (Lipinski definition) is 0. The SMILES string of the molecule is CCOC(=O)[C@H]1C(=O)C=C(c2cccs2)C[C@H]1c1ccc(OCC)cc1. The summed E-state index contributed by atoms with van der Waals surface area (Å²) < 4.78 is 10.7. The number of carbonyl (C=O) groups excluding carboxylic acids is 2. The molecular weight excluding hydrogens is 348 g/mol. The summed E-state index contributed by atoms with van der Waals surface area (Å²) in [5.41, 5.74) is 1.92. The maximum atomic E-state index is 12.8. The summed E-state index contributed by atoms with van der Waals surface area (Å²) >= 11 is 1.60. The van der Waals surface area contributed by atoms with Crippen LogP contribution in [0.1, 0.15) is 36.6 Å². The molecule has 2 aromatic rings. The van der Waals surface area contributed by atoms with E-state index in [0.29, 0.717) is 13.0 Å². The fraction of sp³-hybridized carbons (Fsp3) is 0.333. The maximum absolute atomic E-state index is 12.8. The van der Waals surface area contributed by atoms with Gasteiger partial charge in [0.1, 0.15) is 11.7 Å². The summed E-state index contributed by atoms with van der Waals surface area (Å²) in [7, 11) is 0. The van der Waals surface area contributed by atoms with Crippen molar-refractivity contribution in [1.82, 2.24) is 0 Å². The van der Waals surface area contributed by atoms with E-state index in [-0.39, 0.29) is 18.3 Å². The Morgan fingerprint density at radius 1 is 1.15 bits per heavy atom. The van der Waals surface area contributed by atoms with Crippen molar-refractivity contribution in [3.8, 4) is 5.75 Å². The van der Waals surface area contributed by atoms with Gasteiger partial charge in [-0.1, -0.05) is 18.2 Å². The highest BCUT2D eigenvalue weighted by atomic mass is 32.1. The zero-order valence-electron chi connectivity index (χ0n) is 14.9. The lowest BCUT2D eigenvalue weighted by atomic mass is 9.74. The normalized spacial score (nSPS) is 19.8. The molecule has 0 spiro atoms. The van der Waals surface area contributed by atoms with Crippen LogP contribution in [0.3, 0.4) is 0 Å². The molecule has 3 rings (SSSR count). The Balaban J connectivity index is 1.95. The molecule has 0 saturated carbocycles. The monoisotopic (exact) mass is 370 g/mol. The van der Waals surface area contributed by atoms with Crippen LogP contribution in [0.5, 0.6) is 5.75 Å². The fourth-order valence-electron chi connectivity index (χ4n) is 3.31. The van der Waals surface area contributed by atoms with E-state index in [1.165, 1.54) is 0 Å². The highest BCUT2D eigenvalue weighted by Crippen LogP contribution is 2.41. The predicted molar refractivity (Wildman–Crippen MR) is 102 cm³/mol. The topological polar surface area (TPSA) is 52.6 Å². The maximum Gasteiger partial charge on any atom is 0.317 e. The highest BCUT2D eigenvalue weighted by molar-refractivity contribution is 7.11. The van der Waals surface area contributed by atoms with E-state index < -0.39 is 11.9 Å². The molecule has 0 fully saturated rings. The Hall–Kier alpha value is -2.40. The molecule has 0 amide bonds. The molecule has 26 heavy (non-hydrogen) atoms. The van der Waals surface area contributed by atoms with E-state index in [4.69, 9.17) is 9.47 Å². The molecule has 0 N–H and O–H groups in total. The average Bonchev–Trinajstić information content (AvgIpc) is 3.17. The molecule has 5 heteroatoms. The number of thiophene rings is 1. The second-order valence-corrected chi connectivity index (χ2v) is 7.04. The summed E-state index contributed by atoms with van der Waals surface area (Å²) in [6, 6.07) is 11.6. The van der Waals surface area contributed by atoms with Gasteiger partial charge < -0.3 is 9.47 Å². The summed E-state index contributed by atoms with van der Waals surface area (Å²) in [5, 5.41) is 1.99. The zero-order chi connectivity index (χ0) is 18.5. The van der Waals surface area contributed by atoms with Gasteiger partial charge in [-0.2, -0.15) is 0 Å². The standard InChI is InChI=1S/C21H22O4S/c1-3-24-16-9-7-14(8-10-16)17-12-15(19-6-5-11-26-19)13-18(22)20(17)21(23)25-4-2/h5-11,13,17,20H,3-4,12H2,1-2H3/t17-,20+/m0/s1. The molecule has 0 unspecified atom stereocenters. The van der Waals surface area contributed by atoms with Crippen molar-refractivity contribution in [2.45, 2.75) is 26.2 Å². The number of ether oxygens (including phenoxy) is 2. The van der Waals surface area contributed by atoms with Gasteiger partial charge in [0.25, 0.3) is 0 Å². The fourth-order valence-corrected chi connectivity index (χ4v) is 4.06. The molecule has 4 nitrogen and oxygen atoms in total. The number of allylic oxidation sites excluding steroid dienone is 2. The van der Waals surface area contributed by atoms with Crippen LogP contribution < -0.4 is 4.74 Å². The first kappa shape index (κ1) is 18.4. The highest BCUT2D eigenvalue weighted by Gasteiger charge is 2.39. The van der Waals surface area contributed by atoms with Gasteiger partial charge in [0, 0.05) is 10.8 Å². The van der Waals surface area contributed by atoms with Gasteiger partial charge in [0.15, 0.2) is 5.78 Å². The van der Waals surface area contributed by atoms with Crippen LogP contribution >= 0.6 is 11.3 Å². The van der Waals surface area contributed by atoms with E-state index in [2.05, 4.69) is 0 Å². The lowest BCUT2D eigenvalue weighted by Gasteiger charge is -2.29. The van der Waals surface area contributed by atoms with Gasteiger partial charge in [-0.15, -0.1) is 11.3 Å². The van der Waals surface area contributed by atoms with Crippen molar-refractivity contribution in [2.75, 3.05) is 13.2 Å². The molecule has 0 radical (unpaired) electrons. The van der Waals surface area contributed by atoms with Gasteiger partial charge in [-0.3, -0.25) is 9.59 Å². The number of carbonyl (C=O) groups is 2. The third-order valence-electron chi connectivity index (χ3n) is 4.46. The first-order valence-electron chi connectivity index (χ1n) is 8.81. The van der Waals surface area contributed by atoms with E-state index in [9.17, 15) is 9.59 Å². The summed E-state index contributed by atoms with van der Waals surface area (Å²) in [6.07, 6.45) is 2.24. The number of hydrogen-bond acceptors (Lipinski definition) is 5. The van der Waals surface area contributed by atoms with Crippen LogP contribution in [0.2, 0.25) is 0 Å². The number of esters is 1. The summed E-state index contributed by atoms with van der Waals surface area (Å²) in [6.45, 7) is 4.55. The second-order valence-electron chi connectivity index (χ2n) is 6.09. The Morgan fingerprint density at radius 3 is 2.54 bits per heavy atom. The van der Waals surface area contributed by atoms with E-state index in [0.717, 1.165) is 21.8 Å². The van der Waals surface area contributed by atoms with Gasteiger partial charge in [0.2, 0.25) is 0 Å². The van der Waals surface area contributed by atoms with Crippen molar-refractivity contribution in [1.29, 1.82) is 0 Å². The molecule has 1 aromatic carbocycles. The Kier molecular flexibility index (Phi) is 5.89. The van der Waals surface area contributed by atoms with Crippen LogP contribution in [-0.4, -0.2) is 25.0 Å². The van der Waals surface area contributed by atoms with Crippen LogP contribution in [0.25, 0.3) is 5.57 Å². The van der Waals surface area contributed by atoms with Gasteiger partial charge in [-0.25, -0.2) is 0 Å². The Bertz CT molecular complexity index is 790. The third kappa shape index (κ3) is 3.88. The molecule has 1 aliphatic carbocycles. The molecule has 0 saturated heterocycles. The second kappa shape index (κ2) is 8.32. The molecule has 1 aliphatic rings. The van der Waals surface area contributed by atoms with Crippen molar-refractivity contribution >= 4 is 28.7 Å². The lowest BCUT2D eigenvalue weighted by molar-refractivity contribution is -0.151.